The van der Waals surface area contributed by atoms with Crippen LogP contribution in [0.1, 0.15) is 34.3 Å². The number of fused-ring (bicyclic) bond motifs is 1. The molecule has 168 valence electrons. The number of amides is 1. The third kappa shape index (κ3) is 5.56. The Morgan fingerprint density at radius 3 is 2.64 bits per heavy atom. The lowest BCUT2D eigenvalue weighted by molar-refractivity contribution is 0.0909. The SMILES string of the molecule is O=C(NC1CCN(Cc2ccccc2)CC1)c1ccc2nc(NCc3cccnc3)sc2c1. The zero-order valence-electron chi connectivity index (χ0n) is 18.4. The van der Waals surface area contributed by atoms with Crippen LogP contribution in [0.4, 0.5) is 5.13 Å². The molecule has 7 heteroatoms. The van der Waals surface area contributed by atoms with Crippen molar-refractivity contribution in [1.82, 2.24) is 20.2 Å². The number of hydrogen-bond donors (Lipinski definition) is 2. The fourth-order valence-electron chi connectivity index (χ4n) is 4.17. The average Bonchev–Trinajstić information content (AvgIpc) is 3.27. The predicted molar refractivity (Wildman–Crippen MR) is 133 cm³/mol. The van der Waals surface area contributed by atoms with Crippen molar-refractivity contribution in [1.29, 1.82) is 0 Å². The lowest BCUT2D eigenvalue weighted by Gasteiger charge is -2.32. The van der Waals surface area contributed by atoms with Crippen molar-refractivity contribution in [3.05, 3.63) is 89.7 Å². The molecule has 2 N–H and O–H groups in total. The molecule has 0 saturated carbocycles. The van der Waals surface area contributed by atoms with E-state index >= 15 is 0 Å². The first-order valence-electron chi connectivity index (χ1n) is 11.3. The molecule has 0 bridgehead atoms. The van der Waals surface area contributed by atoms with E-state index in [0.717, 1.165) is 53.4 Å². The molecule has 2 aromatic heterocycles. The zero-order valence-corrected chi connectivity index (χ0v) is 19.2. The number of carbonyl (C=O) groups is 1. The van der Waals surface area contributed by atoms with E-state index in [1.807, 2.05) is 36.5 Å². The van der Waals surface area contributed by atoms with Crippen LogP contribution >= 0.6 is 11.3 Å². The molecule has 0 atom stereocenters. The van der Waals surface area contributed by atoms with Crippen LogP contribution in [0.2, 0.25) is 0 Å². The molecule has 0 aliphatic carbocycles. The summed E-state index contributed by atoms with van der Waals surface area (Å²) in [6, 6.07) is 20.5. The normalized spacial score (nSPS) is 14.9. The smallest absolute Gasteiger partial charge is 0.251 e. The summed E-state index contributed by atoms with van der Waals surface area (Å²) in [5.41, 5.74) is 4.04. The second-order valence-corrected chi connectivity index (χ2v) is 9.46. The topological polar surface area (TPSA) is 70.2 Å². The maximum absolute atomic E-state index is 12.9. The Morgan fingerprint density at radius 1 is 1.03 bits per heavy atom. The van der Waals surface area contributed by atoms with Crippen LogP contribution in [0.25, 0.3) is 10.2 Å². The van der Waals surface area contributed by atoms with E-state index in [1.54, 1.807) is 17.5 Å². The number of aromatic nitrogens is 2. The van der Waals surface area contributed by atoms with Crippen LogP contribution in [0.15, 0.2) is 73.1 Å². The first kappa shape index (κ1) is 21.6. The molecule has 1 fully saturated rings. The standard InChI is InChI=1S/C26H27N5OS/c32-25(29-22-10-13-31(14-11-22)18-19-5-2-1-3-6-19)21-8-9-23-24(15-21)33-26(30-23)28-17-20-7-4-12-27-16-20/h1-9,12,15-16,22H,10-11,13-14,17-18H2,(H,28,30)(H,29,32). The summed E-state index contributed by atoms with van der Waals surface area (Å²) >= 11 is 1.57. The molecule has 1 amide bonds. The lowest BCUT2D eigenvalue weighted by atomic mass is 10.0. The number of thiazole rings is 1. The number of nitrogens with one attached hydrogen (secondary N) is 2. The molecule has 5 rings (SSSR count). The van der Waals surface area contributed by atoms with Crippen LogP contribution in [-0.4, -0.2) is 39.9 Å². The largest absolute Gasteiger partial charge is 0.357 e. The monoisotopic (exact) mass is 457 g/mol. The lowest BCUT2D eigenvalue weighted by Crippen LogP contribution is -2.44. The van der Waals surface area contributed by atoms with E-state index < -0.39 is 0 Å². The van der Waals surface area contributed by atoms with Gasteiger partial charge >= 0.3 is 0 Å². The van der Waals surface area contributed by atoms with Gasteiger partial charge in [-0.2, -0.15) is 0 Å². The quantitative estimate of drug-likeness (QED) is 0.421. The summed E-state index contributed by atoms with van der Waals surface area (Å²) < 4.78 is 1.01. The van der Waals surface area contributed by atoms with Gasteiger partial charge in [0.05, 0.1) is 10.2 Å². The highest BCUT2D eigenvalue weighted by atomic mass is 32.1. The summed E-state index contributed by atoms with van der Waals surface area (Å²) in [7, 11) is 0. The van der Waals surface area contributed by atoms with Gasteiger partial charge in [0.1, 0.15) is 0 Å². The molecule has 4 aromatic rings. The van der Waals surface area contributed by atoms with E-state index in [-0.39, 0.29) is 11.9 Å². The zero-order chi connectivity index (χ0) is 22.5. The number of benzene rings is 2. The number of hydrogen-bond acceptors (Lipinski definition) is 6. The minimum absolute atomic E-state index is 0.00308. The third-order valence-electron chi connectivity index (χ3n) is 5.99. The van der Waals surface area contributed by atoms with E-state index in [2.05, 4.69) is 55.8 Å². The van der Waals surface area contributed by atoms with Gasteiger partial charge in [0, 0.05) is 50.2 Å². The Bertz CT molecular complexity index is 1200. The Balaban J connectivity index is 1.15. The summed E-state index contributed by atoms with van der Waals surface area (Å²) in [5.74, 6) is -0.00308. The van der Waals surface area contributed by atoms with Gasteiger partial charge in [0.15, 0.2) is 5.13 Å². The molecule has 3 heterocycles. The molecule has 0 radical (unpaired) electrons. The molecule has 1 saturated heterocycles. The summed E-state index contributed by atoms with van der Waals surface area (Å²) in [6.45, 7) is 3.64. The highest BCUT2D eigenvalue weighted by Crippen LogP contribution is 2.27. The molecule has 0 unspecified atom stereocenters. The Kier molecular flexibility index (Phi) is 6.60. The van der Waals surface area contributed by atoms with E-state index in [9.17, 15) is 4.79 Å². The Labute approximate surface area is 197 Å². The van der Waals surface area contributed by atoms with E-state index in [1.165, 1.54) is 5.56 Å². The number of likely N-dealkylation sites (tertiary alicyclic amines) is 1. The van der Waals surface area contributed by atoms with Crippen molar-refractivity contribution in [2.24, 2.45) is 0 Å². The van der Waals surface area contributed by atoms with Gasteiger partial charge in [0.2, 0.25) is 0 Å². The molecular weight excluding hydrogens is 430 g/mol. The van der Waals surface area contributed by atoms with Crippen molar-refractivity contribution in [2.75, 3.05) is 18.4 Å². The fraction of sp³-hybridized carbons (Fsp3) is 0.269. The van der Waals surface area contributed by atoms with Crippen molar-refractivity contribution in [3.63, 3.8) is 0 Å². The van der Waals surface area contributed by atoms with Gasteiger partial charge in [-0.05, 0) is 48.2 Å². The minimum atomic E-state index is -0.00308. The summed E-state index contributed by atoms with van der Waals surface area (Å²) in [5, 5.41) is 7.43. The number of rotatable bonds is 7. The van der Waals surface area contributed by atoms with Gasteiger partial charge in [0.25, 0.3) is 5.91 Å². The molecule has 0 spiro atoms. The second-order valence-electron chi connectivity index (χ2n) is 8.43. The van der Waals surface area contributed by atoms with Crippen LogP contribution in [0.5, 0.6) is 0 Å². The molecule has 33 heavy (non-hydrogen) atoms. The first-order chi connectivity index (χ1) is 16.2. The molecule has 2 aromatic carbocycles. The van der Waals surface area contributed by atoms with Crippen LogP contribution in [-0.2, 0) is 13.1 Å². The van der Waals surface area contributed by atoms with Gasteiger partial charge in [-0.3, -0.25) is 14.7 Å². The number of pyridine rings is 1. The third-order valence-corrected chi connectivity index (χ3v) is 6.96. The number of piperidine rings is 1. The summed E-state index contributed by atoms with van der Waals surface area (Å²) in [6.07, 6.45) is 5.56. The van der Waals surface area contributed by atoms with E-state index in [4.69, 9.17) is 0 Å². The van der Waals surface area contributed by atoms with Gasteiger partial charge in [-0.1, -0.05) is 47.7 Å². The van der Waals surface area contributed by atoms with Gasteiger partial charge in [-0.15, -0.1) is 0 Å². The van der Waals surface area contributed by atoms with E-state index in [0.29, 0.717) is 12.1 Å². The molecule has 6 nitrogen and oxygen atoms in total. The predicted octanol–water partition coefficient (Wildman–Crippen LogP) is 4.70. The van der Waals surface area contributed by atoms with Crippen LogP contribution in [0, 0.1) is 0 Å². The highest BCUT2D eigenvalue weighted by Gasteiger charge is 2.21. The van der Waals surface area contributed by atoms with Gasteiger partial charge in [-0.25, -0.2) is 4.98 Å². The minimum Gasteiger partial charge on any atom is -0.357 e. The number of carbonyl (C=O) groups excluding carboxylic acids is 1. The number of nitrogens with zero attached hydrogens (tertiary/aromatic N) is 3. The number of anilines is 1. The van der Waals surface area contributed by atoms with Crippen molar-refractivity contribution < 1.29 is 4.79 Å². The maximum Gasteiger partial charge on any atom is 0.251 e. The van der Waals surface area contributed by atoms with Crippen molar-refractivity contribution in [2.45, 2.75) is 32.0 Å². The first-order valence-corrected chi connectivity index (χ1v) is 12.1. The maximum atomic E-state index is 12.9. The Morgan fingerprint density at radius 2 is 1.85 bits per heavy atom. The molecule has 1 aliphatic heterocycles. The molecule has 1 aliphatic rings. The highest BCUT2D eigenvalue weighted by molar-refractivity contribution is 7.22. The van der Waals surface area contributed by atoms with Crippen molar-refractivity contribution in [3.8, 4) is 0 Å². The van der Waals surface area contributed by atoms with Crippen molar-refractivity contribution >= 4 is 32.6 Å². The fourth-order valence-corrected chi connectivity index (χ4v) is 5.07. The van der Waals surface area contributed by atoms with Crippen LogP contribution < -0.4 is 10.6 Å². The second kappa shape index (κ2) is 10.1. The Hall–Kier alpha value is -3.29. The van der Waals surface area contributed by atoms with Gasteiger partial charge < -0.3 is 10.6 Å². The van der Waals surface area contributed by atoms with Crippen LogP contribution in [0.3, 0.4) is 0 Å². The summed E-state index contributed by atoms with van der Waals surface area (Å²) in [4.78, 5) is 24.1. The molecular formula is C26H27N5OS. The average molecular weight is 458 g/mol.